The van der Waals surface area contributed by atoms with E-state index in [1.165, 1.54) is 0 Å². The number of nitrogens with one attached hydrogen (secondary N) is 1. The maximum Gasteiger partial charge on any atom is 0.436 e. The number of rotatable bonds is 6. The van der Waals surface area contributed by atoms with Crippen LogP contribution >= 0.6 is 22.9 Å². The lowest BCUT2D eigenvalue weighted by Gasteiger charge is -2.11. The van der Waals surface area contributed by atoms with Crippen LogP contribution in [-0.4, -0.2) is 36.4 Å². The number of anilines is 1. The maximum absolute atomic E-state index is 13.7. The van der Waals surface area contributed by atoms with Gasteiger partial charge in [0.1, 0.15) is 26.1 Å². The third-order valence-electron chi connectivity index (χ3n) is 5.40. The number of halogens is 6. The van der Waals surface area contributed by atoms with Crippen LogP contribution < -0.4 is 11.1 Å². The quantitative estimate of drug-likeness (QED) is 0.314. The lowest BCUT2D eigenvalue weighted by molar-refractivity contribution is -0.141. The first-order valence-electron chi connectivity index (χ1n) is 10.4. The van der Waals surface area contributed by atoms with Gasteiger partial charge in [0.2, 0.25) is 0 Å². The molecule has 0 aliphatic carbocycles. The number of aromatic nitrogens is 5. The fraction of sp³-hybridized carbons (Fsp3) is 0.286. The molecular formula is C21H17ClF5N7O2S. The van der Waals surface area contributed by atoms with Crippen LogP contribution in [0.4, 0.5) is 27.6 Å². The van der Waals surface area contributed by atoms with Crippen LogP contribution in [0.2, 0.25) is 5.02 Å². The normalized spacial score (nSPS) is 12.1. The van der Waals surface area contributed by atoms with Gasteiger partial charge in [0.05, 0.1) is 11.4 Å². The molecule has 3 N–H and O–H groups in total. The summed E-state index contributed by atoms with van der Waals surface area (Å²) >= 11 is 6.48. The molecule has 196 valence electrons. The van der Waals surface area contributed by atoms with Crippen LogP contribution in [0.1, 0.15) is 50.6 Å². The third kappa shape index (κ3) is 4.64. The van der Waals surface area contributed by atoms with Crippen molar-refractivity contribution in [2.45, 2.75) is 33.0 Å². The Morgan fingerprint density at radius 3 is 2.43 bits per heavy atom. The van der Waals surface area contributed by atoms with Crippen LogP contribution in [0, 0.1) is 6.92 Å². The second-order valence-corrected chi connectivity index (χ2v) is 9.19. The molecule has 0 aliphatic heterocycles. The molecule has 4 aromatic rings. The van der Waals surface area contributed by atoms with E-state index in [-0.39, 0.29) is 26.3 Å². The number of pyridine rings is 1. The lowest BCUT2D eigenvalue weighted by Crippen LogP contribution is -2.19. The number of nitrogens with zero attached hydrogens (tertiary/aromatic N) is 5. The second kappa shape index (κ2) is 9.37. The number of thiophene rings is 1. The highest BCUT2D eigenvalue weighted by Gasteiger charge is 2.40. The number of fused-ring (bicyclic) bond motifs is 1. The Labute approximate surface area is 214 Å². The number of amides is 2. The summed E-state index contributed by atoms with van der Waals surface area (Å²) in [7, 11) is 1.08. The summed E-state index contributed by atoms with van der Waals surface area (Å²) in [6.45, 7) is 3.93. The van der Waals surface area contributed by atoms with Gasteiger partial charge in [-0.25, -0.2) is 13.8 Å². The summed E-state index contributed by atoms with van der Waals surface area (Å²) in [6, 6.07) is 1.10. The van der Waals surface area contributed by atoms with Gasteiger partial charge >= 0.3 is 6.18 Å². The first-order chi connectivity index (χ1) is 17.2. The molecule has 0 bridgehead atoms. The highest BCUT2D eigenvalue weighted by Crippen LogP contribution is 2.44. The lowest BCUT2D eigenvalue weighted by atomic mass is 10.0. The highest BCUT2D eigenvalue weighted by atomic mass is 35.5. The van der Waals surface area contributed by atoms with Crippen LogP contribution in [0.3, 0.4) is 0 Å². The molecule has 0 unspecified atom stereocenters. The molecule has 2 amide bonds. The molecule has 16 heteroatoms. The Kier molecular flexibility index (Phi) is 6.71. The van der Waals surface area contributed by atoms with Crippen molar-refractivity contribution < 1.29 is 31.5 Å². The molecule has 0 saturated carbocycles. The predicted octanol–water partition coefficient (Wildman–Crippen LogP) is 5.18. The molecule has 4 aromatic heterocycles. The summed E-state index contributed by atoms with van der Waals surface area (Å²) in [5, 5.41) is 9.10. The molecule has 4 rings (SSSR count). The van der Waals surface area contributed by atoms with E-state index in [0.29, 0.717) is 33.8 Å². The van der Waals surface area contributed by atoms with Crippen molar-refractivity contribution in [3.63, 3.8) is 0 Å². The minimum atomic E-state index is -4.93. The molecule has 4 heterocycles. The summed E-state index contributed by atoms with van der Waals surface area (Å²) in [5.41, 5.74) is 3.62. The van der Waals surface area contributed by atoms with Gasteiger partial charge in [-0.1, -0.05) is 11.6 Å². The van der Waals surface area contributed by atoms with E-state index < -0.39 is 46.5 Å². The zero-order valence-electron chi connectivity index (χ0n) is 19.2. The number of primary amides is 1. The molecular weight excluding hydrogens is 545 g/mol. The number of aryl methyl sites for hydroxylation is 3. The Balaban J connectivity index is 1.97. The Morgan fingerprint density at radius 1 is 1.24 bits per heavy atom. The highest BCUT2D eigenvalue weighted by molar-refractivity contribution is 7.21. The maximum atomic E-state index is 13.7. The fourth-order valence-corrected chi connectivity index (χ4v) is 5.14. The van der Waals surface area contributed by atoms with E-state index in [2.05, 4.69) is 20.5 Å². The first-order valence-corrected chi connectivity index (χ1v) is 11.6. The number of hydrogen-bond acceptors (Lipinski definition) is 6. The number of alkyl halides is 5. The van der Waals surface area contributed by atoms with Gasteiger partial charge in [0, 0.05) is 30.7 Å². The van der Waals surface area contributed by atoms with Gasteiger partial charge in [-0.3, -0.25) is 19.0 Å². The van der Waals surface area contributed by atoms with Crippen molar-refractivity contribution in [1.82, 2.24) is 24.5 Å². The van der Waals surface area contributed by atoms with E-state index in [0.717, 1.165) is 13.1 Å². The SMILES string of the molecule is CCn1cc(-c2cc(C(F)F)nc3sc(C(N)=O)c(NC(=O)c4c(Cl)c(C(F)(F)F)nn4C)c23)c(C)n1. The van der Waals surface area contributed by atoms with E-state index in [4.69, 9.17) is 17.3 Å². The molecule has 0 fully saturated rings. The topological polar surface area (TPSA) is 121 Å². The molecule has 0 spiro atoms. The van der Waals surface area contributed by atoms with Crippen molar-refractivity contribution in [3.8, 4) is 11.1 Å². The Morgan fingerprint density at radius 2 is 1.92 bits per heavy atom. The fourth-order valence-electron chi connectivity index (χ4n) is 3.78. The Hall–Kier alpha value is -3.59. The van der Waals surface area contributed by atoms with Crippen LogP contribution in [-0.2, 0) is 19.8 Å². The van der Waals surface area contributed by atoms with Gasteiger partial charge in [0.25, 0.3) is 18.2 Å². The molecule has 0 radical (unpaired) electrons. The molecule has 9 nitrogen and oxygen atoms in total. The first kappa shape index (κ1) is 26.5. The minimum absolute atomic E-state index is 0.0485. The third-order valence-corrected chi connectivity index (χ3v) is 6.86. The van der Waals surface area contributed by atoms with E-state index >= 15 is 0 Å². The Bertz CT molecular complexity index is 1560. The summed E-state index contributed by atoms with van der Waals surface area (Å²) in [6.07, 6.45) is -6.29. The van der Waals surface area contributed by atoms with Crippen LogP contribution in [0.25, 0.3) is 21.3 Å². The van der Waals surface area contributed by atoms with E-state index in [9.17, 15) is 31.5 Å². The molecule has 0 atom stereocenters. The summed E-state index contributed by atoms with van der Waals surface area (Å²) < 4.78 is 69.3. The van der Waals surface area contributed by atoms with Crippen molar-refractivity contribution >= 4 is 50.7 Å². The van der Waals surface area contributed by atoms with Crippen LogP contribution in [0.15, 0.2) is 12.3 Å². The largest absolute Gasteiger partial charge is 0.436 e. The number of carbonyl (C=O) groups excluding carboxylic acids is 2. The minimum Gasteiger partial charge on any atom is -0.365 e. The zero-order valence-corrected chi connectivity index (χ0v) is 20.8. The molecule has 37 heavy (non-hydrogen) atoms. The summed E-state index contributed by atoms with van der Waals surface area (Å²) in [5.74, 6) is -2.15. The number of carbonyl (C=O) groups is 2. The molecule has 0 aromatic carbocycles. The van der Waals surface area contributed by atoms with Crippen LogP contribution in [0.5, 0.6) is 0 Å². The summed E-state index contributed by atoms with van der Waals surface area (Å²) in [4.78, 5) is 29.0. The average Bonchev–Trinajstić information content (AvgIpc) is 3.45. The van der Waals surface area contributed by atoms with Crippen molar-refractivity contribution in [3.05, 3.63) is 44.9 Å². The zero-order chi connectivity index (χ0) is 27.4. The standard InChI is InChI=1S/C21H17ClF5N7O2S/c1-4-34-6-9(7(2)31-34)8-5-10(17(23)24)29-20-11(8)13(15(37-20)18(28)35)30-19(36)14-12(22)16(21(25,26)27)32-33(14)3/h5-6,17H,4H2,1-3H3,(H2,28,35)(H,30,36). The van der Waals surface area contributed by atoms with Gasteiger partial charge in [-0.2, -0.15) is 23.4 Å². The average molecular weight is 562 g/mol. The monoisotopic (exact) mass is 561 g/mol. The number of hydrogen-bond donors (Lipinski definition) is 2. The van der Waals surface area contributed by atoms with Gasteiger partial charge in [0.15, 0.2) is 5.69 Å². The van der Waals surface area contributed by atoms with Crippen molar-refractivity contribution in [2.75, 3.05) is 5.32 Å². The van der Waals surface area contributed by atoms with E-state index in [1.807, 2.05) is 6.92 Å². The molecule has 0 aliphatic rings. The van der Waals surface area contributed by atoms with Gasteiger partial charge in [-0.15, -0.1) is 11.3 Å². The van der Waals surface area contributed by atoms with Crippen molar-refractivity contribution in [1.29, 1.82) is 0 Å². The van der Waals surface area contributed by atoms with Gasteiger partial charge < -0.3 is 11.1 Å². The van der Waals surface area contributed by atoms with Crippen molar-refractivity contribution in [2.24, 2.45) is 12.8 Å². The van der Waals surface area contributed by atoms with Gasteiger partial charge in [-0.05, 0) is 25.5 Å². The smallest absolute Gasteiger partial charge is 0.365 e. The molecule has 0 saturated heterocycles. The number of nitrogens with two attached hydrogens (primary N) is 1. The predicted molar refractivity (Wildman–Crippen MR) is 126 cm³/mol. The van der Waals surface area contributed by atoms with E-state index in [1.54, 1.807) is 17.8 Å². The second-order valence-electron chi connectivity index (χ2n) is 7.82.